The lowest BCUT2D eigenvalue weighted by Crippen LogP contribution is -2.33. The van der Waals surface area contributed by atoms with Crippen molar-refractivity contribution in [3.8, 4) is 0 Å². The number of nitrogens with zero attached hydrogens (tertiary/aromatic N) is 4. The van der Waals surface area contributed by atoms with Crippen molar-refractivity contribution in [2.24, 2.45) is 11.8 Å². The summed E-state index contributed by atoms with van der Waals surface area (Å²) in [6.45, 7) is 6.62. The van der Waals surface area contributed by atoms with Crippen molar-refractivity contribution in [1.82, 2.24) is 25.0 Å². The summed E-state index contributed by atoms with van der Waals surface area (Å²) in [6, 6.07) is 2.20. The molecule has 0 aromatic carbocycles. The van der Waals surface area contributed by atoms with Gasteiger partial charge in [0.1, 0.15) is 5.82 Å². The molecule has 23 heavy (non-hydrogen) atoms. The van der Waals surface area contributed by atoms with E-state index in [0.29, 0.717) is 24.2 Å². The van der Waals surface area contributed by atoms with Crippen molar-refractivity contribution in [1.29, 1.82) is 0 Å². The van der Waals surface area contributed by atoms with Gasteiger partial charge in [-0.15, -0.1) is 10.2 Å². The number of hydrogen-bond acceptors (Lipinski definition) is 5. The van der Waals surface area contributed by atoms with Gasteiger partial charge in [0, 0.05) is 39.1 Å². The molecule has 0 radical (unpaired) electrons. The van der Waals surface area contributed by atoms with Crippen LogP contribution in [0.2, 0.25) is 0 Å². The van der Waals surface area contributed by atoms with Crippen LogP contribution in [-0.4, -0.2) is 45.2 Å². The third kappa shape index (κ3) is 2.79. The molecule has 0 spiro atoms. The Hall–Kier alpha value is -1.73. The first kappa shape index (κ1) is 14.8. The number of amides is 1. The molecule has 0 saturated carbocycles. The summed E-state index contributed by atoms with van der Waals surface area (Å²) in [7, 11) is 0. The maximum Gasteiger partial charge on any atom is 0.289 e. The van der Waals surface area contributed by atoms with Gasteiger partial charge in [0.25, 0.3) is 5.91 Å². The number of nitrogens with one attached hydrogen (secondary N) is 1. The standard InChI is InChI=1S/C16H21N5OS/c1-2-17-16(22)15-19-18-14-5-12-7-20(6-11-3-4-23-10-11)8-13(12)9-21(14)15/h3-4,10,12-13H,2,5-9H2,1H3,(H,17,22)/t12-,13-/m0/s1. The summed E-state index contributed by atoms with van der Waals surface area (Å²) < 4.78 is 2.03. The highest BCUT2D eigenvalue weighted by molar-refractivity contribution is 7.07. The molecule has 1 fully saturated rings. The Morgan fingerprint density at radius 1 is 1.35 bits per heavy atom. The molecule has 7 heteroatoms. The minimum atomic E-state index is -0.113. The van der Waals surface area contributed by atoms with Crippen LogP contribution in [0.15, 0.2) is 16.8 Å². The molecule has 6 nitrogen and oxygen atoms in total. The first-order chi connectivity index (χ1) is 11.2. The number of carbonyl (C=O) groups is 1. The first-order valence-electron chi connectivity index (χ1n) is 8.18. The molecule has 0 aliphatic carbocycles. The van der Waals surface area contributed by atoms with E-state index >= 15 is 0 Å². The van der Waals surface area contributed by atoms with Crippen molar-refractivity contribution in [2.45, 2.75) is 26.4 Å². The third-order valence-corrected chi connectivity index (χ3v) is 5.60. The molecule has 4 heterocycles. The van der Waals surface area contributed by atoms with Gasteiger partial charge in [-0.05, 0) is 41.1 Å². The van der Waals surface area contributed by atoms with Crippen LogP contribution in [0.3, 0.4) is 0 Å². The lowest BCUT2D eigenvalue weighted by molar-refractivity contribution is 0.0937. The van der Waals surface area contributed by atoms with Crippen LogP contribution in [0.1, 0.15) is 28.9 Å². The summed E-state index contributed by atoms with van der Waals surface area (Å²) in [6.07, 6.45) is 0.928. The Morgan fingerprint density at radius 2 is 2.22 bits per heavy atom. The van der Waals surface area contributed by atoms with E-state index in [1.165, 1.54) is 5.56 Å². The molecule has 2 aromatic rings. The number of likely N-dealkylation sites (tertiary alicyclic amines) is 1. The highest BCUT2D eigenvalue weighted by Crippen LogP contribution is 2.33. The van der Waals surface area contributed by atoms with E-state index in [2.05, 4.69) is 37.2 Å². The Kier molecular flexibility index (Phi) is 3.90. The van der Waals surface area contributed by atoms with Crippen molar-refractivity contribution in [3.05, 3.63) is 34.0 Å². The summed E-state index contributed by atoms with van der Waals surface area (Å²) >= 11 is 1.76. The molecule has 1 amide bonds. The fourth-order valence-electron chi connectivity index (χ4n) is 3.80. The van der Waals surface area contributed by atoms with E-state index in [4.69, 9.17) is 0 Å². The topological polar surface area (TPSA) is 63.1 Å². The minimum absolute atomic E-state index is 0.113. The lowest BCUT2D eigenvalue weighted by Gasteiger charge is -2.25. The normalized spacial score (nSPS) is 23.5. The van der Waals surface area contributed by atoms with Gasteiger partial charge >= 0.3 is 0 Å². The highest BCUT2D eigenvalue weighted by Gasteiger charge is 2.38. The Bertz CT molecular complexity index is 695. The lowest BCUT2D eigenvalue weighted by atomic mass is 9.89. The van der Waals surface area contributed by atoms with Crippen LogP contribution in [-0.2, 0) is 19.5 Å². The van der Waals surface area contributed by atoms with Crippen molar-refractivity contribution in [3.63, 3.8) is 0 Å². The van der Waals surface area contributed by atoms with E-state index < -0.39 is 0 Å². The molecule has 2 atom stereocenters. The molecular weight excluding hydrogens is 310 g/mol. The van der Waals surface area contributed by atoms with Gasteiger partial charge in [-0.25, -0.2) is 0 Å². The second kappa shape index (κ2) is 6.05. The van der Waals surface area contributed by atoms with Crippen LogP contribution in [0.25, 0.3) is 0 Å². The van der Waals surface area contributed by atoms with Gasteiger partial charge < -0.3 is 9.88 Å². The smallest absolute Gasteiger partial charge is 0.289 e. The highest BCUT2D eigenvalue weighted by atomic mass is 32.1. The van der Waals surface area contributed by atoms with E-state index in [-0.39, 0.29) is 5.91 Å². The molecule has 2 aliphatic rings. The molecule has 2 aliphatic heterocycles. The SMILES string of the molecule is CCNC(=O)c1nnc2n1C[C@@H]1CN(Cc3ccsc3)C[C@@H]1C2. The van der Waals surface area contributed by atoms with E-state index in [1.807, 2.05) is 11.5 Å². The van der Waals surface area contributed by atoms with Crippen molar-refractivity contribution >= 4 is 17.2 Å². The zero-order chi connectivity index (χ0) is 15.8. The number of aromatic nitrogens is 3. The van der Waals surface area contributed by atoms with Gasteiger partial charge in [0.15, 0.2) is 0 Å². The number of hydrogen-bond donors (Lipinski definition) is 1. The predicted molar refractivity (Wildman–Crippen MR) is 88.3 cm³/mol. The maximum absolute atomic E-state index is 12.1. The van der Waals surface area contributed by atoms with Gasteiger partial charge in [0.05, 0.1) is 0 Å². The van der Waals surface area contributed by atoms with E-state index in [9.17, 15) is 4.79 Å². The van der Waals surface area contributed by atoms with Gasteiger partial charge in [-0.1, -0.05) is 0 Å². The van der Waals surface area contributed by atoms with Crippen LogP contribution >= 0.6 is 11.3 Å². The quantitative estimate of drug-likeness (QED) is 0.920. The van der Waals surface area contributed by atoms with Crippen LogP contribution < -0.4 is 5.32 Å². The van der Waals surface area contributed by atoms with Crippen LogP contribution in [0.5, 0.6) is 0 Å². The van der Waals surface area contributed by atoms with Crippen molar-refractivity contribution < 1.29 is 4.79 Å². The number of thiophene rings is 1. The van der Waals surface area contributed by atoms with E-state index in [0.717, 1.165) is 38.4 Å². The number of rotatable bonds is 4. The summed E-state index contributed by atoms with van der Waals surface area (Å²) in [5, 5.41) is 15.6. The Balaban J connectivity index is 1.47. The average Bonchev–Trinajstić information content (AvgIpc) is 3.23. The zero-order valence-corrected chi connectivity index (χ0v) is 14.1. The molecular formula is C16H21N5OS. The molecule has 122 valence electrons. The maximum atomic E-state index is 12.1. The number of fused-ring (bicyclic) bond motifs is 2. The summed E-state index contributed by atoms with van der Waals surface area (Å²) in [4.78, 5) is 14.6. The second-order valence-corrected chi connectivity index (χ2v) is 7.24. The van der Waals surface area contributed by atoms with E-state index in [1.54, 1.807) is 11.3 Å². The van der Waals surface area contributed by atoms with Gasteiger partial charge in [-0.2, -0.15) is 11.3 Å². The molecule has 0 unspecified atom stereocenters. The molecule has 1 N–H and O–H groups in total. The zero-order valence-electron chi connectivity index (χ0n) is 13.2. The summed E-state index contributed by atoms with van der Waals surface area (Å²) in [5.74, 6) is 2.54. The molecule has 4 rings (SSSR count). The number of carbonyl (C=O) groups excluding carboxylic acids is 1. The first-order valence-corrected chi connectivity index (χ1v) is 9.12. The third-order valence-electron chi connectivity index (χ3n) is 4.87. The average molecular weight is 331 g/mol. The predicted octanol–water partition coefficient (Wildman–Crippen LogP) is 1.39. The fourth-order valence-corrected chi connectivity index (χ4v) is 4.46. The summed E-state index contributed by atoms with van der Waals surface area (Å²) in [5.41, 5.74) is 1.40. The monoisotopic (exact) mass is 331 g/mol. The second-order valence-electron chi connectivity index (χ2n) is 6.46. The largest absolute Gasteiger partial charge is 0.350 e. The van der Waals surface area contributed by atoms with Gasteiger partial charge in [-0.3, -0.25) is 9.69 Å². The van der Waals surface area contributed by atoms with Gasteiger partial charge in [0.2, 0.25) is 5.82 Å². The minimum Gasteiger partial charge on any atom is -0.350 e. The van der Waals surface area contributed by atoms with Crippen LogP contribution in [0, 0.1) is 11.8 Å². The Labute approximate surface area is 139 Å². The van der Waals surface area contributed by atoms with Crippen LogP contribution in [0.4, 0.5) is 0 Å². The molecule has 0 bridgehead atoms. The Morgan fingerprint density at radius 3 is 3.00 bits per heavy atom. The molecule has 1 saturated heterocycles. The van der Waals surface area contributed by atoms with Crippen molar-refractivity contribution in [2.75, 3.05) is 19.6 Å². The fraction of sp³-hybridized carbons (Fsp3) is 0.562. The molecule has 2 aromatic heterocycles.